The molecule has 5 heteroatoms. The maximum atomic E-state index is 10.6. The van der Waals surface area contributed by atoms with E-state index in [-0.39, 0.29) is 0 Å². The summed E-state index contributed by atoms with van der Waals surface area (Å²) in [5.41, 5.74) is 0. The monoisotopic (exact) mass is 254 g/mol. The Hall–Kier alpha value is -0.940. The second kappa shape index (κ2) is 6.12. The first-order valence-corrected chi connectivity index (χ1v) is 6.94. The number of carboxylic acid groups (broad SMARTS) is 1. The average molecular weight is 254 g/mol. The molecule has 94 valence electrons. The Morgan fingerprint density at radius 2 is 2.53 bits per heavy atom. The largest absolute Gasteiger partial charge is 0.481 e. The van der Waals surface area contributed by atoms with E-state index < -0.39 is 5.97 Å². The van der Waals surface area contributed by atoms with E-state index in [0.717, 1.165) is 31.1 Å². The fourth-order valence-electron chi connectivity index (χ4n) is 2.38. The minimum absolute atomic E-state index is 0.301. The number of aromatic nitrogens is 1. The Kier molecular flexibility index (Phi) is 4.50. The summed E-state index contributed by atoms with van der Waals surface area (Å²) < 4.78 is 0. The summed E-state index contributed by atoms with van der Waals surface area (Å²) in [6.45, 7) is 3.05. The highest BCUT2D eigenvalue weighted by Gasteiger charge is 2.20. The van der Waals surface area contributed by atoms with Crippen molar-refractivity contribution in [1.82, 2.24) is 9.88 Å². The molecule has 0 spiro atoms. The van der Waals surface area contributed by atoms with Gasteiger partial charge in [-0.25, -0.2) is 4.98 Å². The van der Waals surface area contributed by atoms with Crippen LogP contribution in [0.3, 0.4) is 0 Å². The van der Waals surface area contributed by atoms with Crippen LogP contribution in [-0.2, 0) is 11.3 Å². The third-order valence-electron chi connectivity index (χ3n) is 3.21. The van der Waals surface area contributed by atoms with Crippen molar-refractivity contribution in [1.29, 1.82) is 0 Å². The molecule has 2 heterocycles. The van der Waals surface area contributed by atoms with Crippen molar-refractivity contribution >= 4 is 17.3 Å². The van der Waals surface area contributed by atoms with Gasteiger partial charge in [0.15, 0.2) is 0 Å². The highest BCUT2D eigenvalue weighted by Crippen LogP contribution is 2.22. The first-order chi connectivity index (χ1) is 8.24. The van der Waals surface area contributed by atoms with Gasteiger partial charge in [0.05, 0.1) is 6.54 Å². The molecular weight excluding hydrogens is 236 g/mol. The Balaban J connectivity index is 1.78. The average Bonchev–Trinajstić information content (AvgIpc) is 2.80. The number of rotatable bonds is 5. The molecule has 2 rings (SSSR count). The standard InChI is InChI=1S/C12H18N2O2S/c15-12(16)4-3-10-2-1-6-14(8-10)9-11-13-5-7-17-11/h5,7,10H,1-4,6,8-9H2,(H,15,16). The quantitative estimate of drug-likeness (QED) is 0.875. The SMILES string of the molecule is O=C(O)CCC1CCCN(Cc2nccs2)C1. The Morgan fingerprint density at radius 3 is 3.24 bits per heavy atom. The molecular formula is C12H18N2O2S. The molecule has 1 atom stereocenters. The van der Waals surface area contributed by atoms with E-state index in [4.69, 9.17) is 5.11 Å². The fourth-order valence-corrected chi connectivity index (χ4v) is 3.04. The van der Waals surface area contributed by atoms with Gasteiger partial charge in [-0.3, -0.25) is 9.69 Å². The number of likely N-dealkylation sites (tertiary alicyclic amines) is 1. The highest BCUT2D eigenvalue weighted by atomic mass is 32.1. The Labute approximate surface area is 105 Å². The number of carboxylic acids is 1. The van der Waals surface area contributed by atoms with Crippen molar-refractivity contribution in [2.24, 2.45) is 5.92 Å². The van der Waals surface area contributed by atoms with Crippen LogP contribution in [0.2, 0.25) is 0 Å². The van der Waals surface area contributed by atoms with Crippen molar-refractivity contribution in [2.45, 2.75) is 32.2 Å². The molecule has 1 saturated heterocycles. The van der Waals surface area contributed by atoms with Crippen LogP contribution in [-0.4, -0.2) is 34.0 Å². The molecule has 0 aromatic carbocycles. The number of piperidine rings is 1. The summed E-state index contributed by atoms with van der Waals surface area (Å²) in [7, 11) is 0. The van der Waals surface area contributed by atoms with Crippen LogP contribution in [0.15, 0.2) is 11.6 Å². The van der Waals surface area contributed by atoms with Gasteiger partial charge in [0.1, 0.15) is 5.01 Å². The summed E-state index contributed by atoms with van der Waals surface area (Å²) >= 11 is 1.69. The van der Waals surface area contributed by atoms with E-state index in [9.17, 15) is 4.79 Å². The third kappa shape index (κ3) is 4.09. The maximum absolute atomic E-state index is 10.6. The lowest BCUT2D eigenvalue weighted by molar-refractivity contribution is -0.137. The molecule has 0 aliphatic carbocycles. The fraction of sp³-hybridized carbons (Fsp3) is 0.667. The summed E-state index contributed by atoms with van der Waals surface area (Å²) in [5.74, 6) is -0.137. The molecule has 0 amide bonds. The lowest BCUT2D eigenvalue weighted by atomic mass is 9.93. The van der Waals surface area contributed by atoms with E-state index in [1.165, 1.54) is 12.8 Å². The molecule has 0 radical (unpaired) electrons. The Morgan fingerprint density at radius 1 is 1.65 bits per heavy atom. The second-order valence-corrected chi connectivity index (χ2v) is 5.58. The van der Waals surface area contributed by atoms with E-state index in [1.54, 1.807) is 11.3 Å². The lowest BCUT2D eigenvalue weighted by Crippen LogP contribution is -2.35. The number of carbonyl (C=O) groups is 1. The zero-order valence-corrected chi connectivity index (χ0v) is 10.7. The van der Waals surface area contributed by atoms with Crippen molar-refractivity contribution in [3.05, 3.63) is 16.6 Å². The number of hydrogen-bond donors (Lipinski definition) is 1. The Bertz CT molecular complexity index is 353. The van der Waals surface area contributed by atoms with Crippen molar-refractivity contribution in [2.75, 3.05) is 13.1 Å². The van der Waals surface area contributed by atoms with Gasteiger partial charge < -0.3 is 5.11 Å². The molecule has 1 unspecified atom stereocenters. The lowest BCUT2D eigenvalue weighted by Gasteiger charge is -2.31. The van der Waals surface area contributed by atoms with E-state index >= 15 is 0 Å². The molecule has 0 saturated carbocycles. The molecule has 1 aliphatic rings. The van der Waals surface area contributed by atoms with Crippen LogP contribution >= 0.6 is 11.3 Å². The third-order valence-corrected chi connectivity index (χ3v) is 3.98. The summed E-state index contributed by atoms with van der Waals surface area (Å²) in [6.07, 6.45) is 5.29. The predicted octanol–water partition coefficient (Wildman–Crippen LogP) is 2.22. The molecule has 4 nitrogen and oxygen atoms in total. The number of nitrogens with zero attached hydrogens (tertiary/aromatic N) is 2. The van der Waals surface area contributed by atoms with Gasteiger partial charge in [-0.1, -0.05) is 0 Å². The van der Waals surface area contributed by atoms with Gasteiger partial charge in [-0.05, 0) is 31.7 Å². The van der Waals surface area contributed by atoms with Crippen molar-refractivity contribution in [3.63, 3.8) is 0 Å². The topological polar surface area (TPSA) is 53.4 Å². The van der Waals surface area contributed by atoms with E-state index in [1.807, 2.05) is 11.6 Å². The van der Waals surface area contributed by atoms with Crippen molar-refractivity contribution < 1.29 is 9.90 Å². The molecule has 1 aromatic rings. The molecule has 1 aromatic heterocycles. The minimum atomic E-state index is -0.679. The predicted molar refractivity (Wildman–Crippen MR) is 67.0 cm³/mol. The molecule has 17 heavy (non-hydrogen) atoms. The number of thiazole rings is 1. The van der Waals surface area contributed by atoms with Crippen LogP contribution in [0.25, 0.3) is 0 Å². The van der Waals surface area contributed by atoms with Crippen LogP contribution in [0, 0.1) is 5.92 Å². The molecule has 1 N–H and O–H groups in total. The van der Waals surface area contributed by atoms with Gasteiger partial charge in [-0.2, -0.15) is 0 Å². The number of hydrogen-bond acceptors (Lipinski definition) is 4. The van der Waals surface area contributed by atoms with Crippen LogP contribution < -0.4 is 0 Å². The second-order valence-electron chi connectivity index (χ2n) is 4.60. The first kappa shape index (κ1) is 12.5. The van der Waals surface area contributed by atoms with Gasteiger partial charge >= 0.3 is 5.97 Å². The van der Waals surface area contributed by atoms with Gasteiger partial charge in [0.2, 0.25) is 0 Å². The maximum Gasteiger partial charge on any atom is 0.303 e. The summed E-state index contributed by atoms with van der Waals surface area (Å²) in [6, 6.07) is 0. The van der Waals surface area contributed by atoms with E-state index in [2.05, 4.69) is 9.88 Å². The summed E-state index contributed by atoms with van der Waals surface area (Å²) in [4.78, 5) is 17.2. The first-order valence-electron chi connectivity index (χ1n) is 6.06. The van der Waals surface area contributed by atoms with Crippen LogP contribution in [0.1, 0.15) is 30.7 Å². The van der Waals surface area contributed by atoms with Gasteiger partial charge in [0.25, 0.3) is 0 Å². The molecule has 0 bridgehead atoms. The smallest absolute Gasteiger partial charge is 0.303 e. The molecule has 1 aliphatic heterocycles. The van der Waals surface area contributed by atoms with Crippen molar-refractivity contribution in [3.8, 4) is 0 Å². The minimum Gasteiger partial charge on any atom is -0.481 e. The zero-order valence-electron chi connectivity index (χ0n) is 9.84. The highest BCUT2D eigenvalue weighted by molar-refractivity contribution is 7.09. The van der Waals surface area contributed by atoms with E-state index in [0.29, 0.717) is 12.3 Å². The van der Waals surface area contributed by atoms with Gasteiger partial charge in [0, 0.05) is 24.5 Å². The normalized spacial score (nSPS) is 21.5. The van der Waals surface area contributed by atoms with Gasteiger partial charge in [-0.15, -0.1) is 11.3 Å². The zero-order chi connectivity index (χ0) is 12.1. The number of aliphatic carboxylic acids is 1. The molecule has 1 fully saturated rings. The van der Waals surface area contributed by atoms with Crippen LogP contribution in [0.5, 0.6) is 0 Å². The summed E-state index contributed by atoms with van der Waals surface area (Å²) in [5, 5.41) is 11.9. The van der Waals surface area contributed by atoms with Crippen LogP contribution in [0.4, 0.5) is 0 Å².